The van der Waals surface area contributed by atoms with Gasteiger partial charge in [0, 0.05) is 11.3 Å². The van der Waals surface area contributed by atoms with Gasteiger partial charge >= 0.3 is 37.5 Å². The molecule has 2 fully saturated rings. The van der Waals surface area contributed by atoms with Crippen LogP contribution in [0.25, 0.3) is 0 Å². The second-order valence-electron chi connectivity index (χ2n) is 8.30. The van der Waals surface area contributed by atoms with Crippen LogP contribution in [0.1, 0.15) is 0 Å². The summed E-state index contributed by atoms with van der Waals surface area (Å²) in [5, 5.41) is 5.63. The Kier molecular flexibility index (Phi) is 19.2. The fourth-order valence-electron chi connectivity index (χ4n) is 4.23. The van der Waals surface area contributed by atoms with E-state index < -0.39 is 15.8 Å². The van der Waals surface area contributed by atoms with Crippen molar-refractivity contribution in [1.82, 2.24) is 0 Å². The minimum atomic E-state index is -0.409. The minimum absolute atomic E-state index is 0. The number of halogens is 2. The van der Waals surface area contributed by atoms with Gasteiger partial charge in [0.25, 0.3) is 0 Å². The predicted molar refractivity (Wildman–Crippen MR) is 159 cm³/mol. The fraction of sp³-hybridized carbons (Fsp3) is 0. The average molecular weight is 732 g/mol. The Morgan fingerprint density at radius 3 is 0.725 bits per heavy atom. The number of hydrogen-bond acceptors (Lipinski definition) is 0. The maximum absolute atomic E-state index is 2.23. The van der Waals surface area contributed by atoms with Crippen LogP contribution in [0.5, 0.6) is 0 Å². The Balaban J connectivity index is 0.000000364. The molecule has 2 aliphatic carbocycles. The molecule has 4 aromatic rings. The van der Waals surface area contributed by atoms with Gasteiger partial charge in [0.15, 0.2) is 0 Å². The monoisotopic (exact) mass is 730 g/mol. The Hall–Kier alpha value is -0.498. The molecule has 2 saturated carbocycles. The minimum Gasteiger partial charge on any atom is -1.00 e. The van der Waals surface area contributed by atoms with Crippen molar-refractivity contribution >= 4 is 37.1 Å². The van der Waals surface area contributed by atoms with Gasteiger partial charge < -0.3 is 24.8 Å². The largest absolute Gasteiger partial charge is 3.00 e. The number of rotatable bonds is 6. The molecule has 0 heterocycles. The summed E-state index contributed by atoms with van der Waals surface area (Å²) in [7, 11) is -0.818. The summed E-state index contributed by atoms with van der Waals surface area (Å²) < 4.78 is 0. The molecular formula is C34H28Cl2FeP2Pd+3. The molecule has 0 unspecified atom stereocenters. The average Bonchev–Trinajstić information content (AvgIpc) is 3.68. The van der Waals surface area contributed by atoms with E-state index in [0.717, 1.165) is 0 Å². The van der Waals surface area contributed by atoms with E-state index in [1.54, 1.807) is 0 Å². The maximum Gasteiger partial charge on any atom is 3.00 e. The third kappa shape index (κ3) is 10.3. The Morgan fingerprint density at radius 2 is 0.525 bits per heavy atom. The molecule has 0 nitrogen and oxygen atoms in total. The van der Waals surface area contributed by atoms with Crippen LogP contribution in [0.15, 0.2) is 121 Å². The van der Waals surface area contributed by atoms with E-state index in [-0.39, 0.29) is 62.3 Å². The summed E-state index contributed by atoms with van der Waals surface area (Å²) in [5.41, 5.74) is 2.84. The van der Waals surface area contributed by atoms with Crippen LogP contribution in [0, 0.1) is 62.7 Å². The molecular weight excluding hydrogens is 703 g/mol. The van der Waals surface area contributed by atoms with Crippen molar-refractivity contribution in [1.29, 1.82) is 0 Å². The Labute approximate surface area is 281 Å². The van der Waals surface area contributed by atoms with Gasteiger partial charge in [0.2, 0.25) is 0 Å². The summed E-state index contributed by atoms with van der Waals surface area (Å²) in [4.78, 5) is 0. The summed E-state index contributed by atoms with van der Waals surface area (Å²) in [6.07, 6.45) is 17.4. The van der Waals surface area contributed by atoms with Crippen molar-refractivity contribution in [2.45, 2.75) is 0 Å². The first-order valence-corrected chi connectivity index (χ1v) is 14.8. The third-order valence-electron chi connectivity index (χ3n) is 5.86. The van der Waals surface area contributed by atoms with Crippen molar-refractivity contribution in [2.75, 3.05) is 0 Å². The third-order valence-corrected chi connectivity index (χ3v) is 10.8. The standard InChI is InChI=1S/2C17H14P.2ClH.Fe.Pd/c2*1-3-9-15(10-4-1)18(17-13-7-8-14-17)16-11-5-2-6-12-16;;;;/h2*1-14H;2*1H;;/q;;;;+3;+2/p-2. The van der Waals surface area contributed by atoms with Crippen LogP contribution in [-0.2, 0) is 37.5 Å². The molecule has 0 atom stereocenters. The van der Waals surface area contributed by atoms with Crippen LogP contribution >= 0.6 is 15.8 Å². The molecule has 0 aliphatic heterocycles. The Morgan fingerprint density at radius 1 is 0.325 bits per heavy atom. The van der Waals surface area contributed by atoms with E-state index in [9.17, 15) is 0 Å². The van der Waals surface area contributed by atoms with E-state index in [1.807, 2.05) is 0 Å². The number of benzene rings is 4. The predicted octanol–water partition coefficient (Wildman–Crippen LogP) is 0.967. The molecule has 0 bridgehead atoms. The van der Waals surface area contributed by atoms with Crippen LogP contribution in [0.3, 0.4) is 0 Å². The van der Waals surface area contributed by atoms with Gasteiger partial charge in [-0.1, -0.05) is 121 Å². The van der Waals surface area contributed by atoms with Crippen molar-refractivity contribution in [3.63, 3.8) is 0 Å². The molecule has 4 aromatic carbocycles. The van der Waals surface area contributed by atoms with Crippen molar-refractivity contribution < 1.29 is 62.3 Å². The first-order chi connectivity index (χ1) is 17.9. The zero-order chi connectivity index (χ0) is 24.4. The number of hydrogen-bond donors (Lipinski definition) is 0. The molecule has 0 saturated heterocycles. The van der Waals surface area contributed by atoms with Gasteiger partial charge in [-0.25, -0.2) is 0 Å². The topological polar surface area (TPSA) is 0 Å². The second kappa shape index (κ2) is 20.4. The van der Waals surface area contributed by atoms with E-state index in [2.05, 4.69) is 173 Å². The van der Waals surface area contributed by atoms with Gasteiger partial charge in [-0.3, -0.25) is 0 Å². The Bertz CT molecular complexity index is 984. The molecule has 6 rings (SSSR count). The van der Waals surface area contributed by atoms with Crippen LogP contribution in [0.2, 0.25) is 0 Å². The first kappa shape index (κ1) is 37.5. The van der Waals surface area contributed by atoms with Crippen molar-refractivity contribution in [3.8, 4) is 0 Å². The van der Waals surface area contributed by atoms with E-state index in [4.69, 9.17) is 0 Å². The zero-order valence-electron chi connectivity index (χ0n) is 21.5. The molecule has 203 valence electrons. The second-order valence-corrected chi connectivity index (χ2v) is 12.7. The van der Waals surface area contributed by atoms with E-state index >= 15 is 0 Å². The van der Waals surface area contributed by atoms with E-state index in [0.29, 0.717) is 0 Å². The first-order valence-electron chi connectivity index (χ1n) is 12.1. The molecule has 2 aliphatic rings. The zero-order valence-corrected chi connectivity index (χ0v) is 27.4. The van der Waals surface area contributed by atoms with Gasteiger partial charge in [0.05, 0.1) is 0 Å². The molecule has 0 spiro atoms. The molecule has 0 aromatic heterocycles. The van der Waals surface area contributed by atoms with Crippen LogP contribution < -0.4 is 46.0 Å². The smallest absolute Gasteiger partial charge is 1.00 e. The fourth-order valence-corrected chi connectivity index (χ4v) is 8.84. The summed E-state index contributed by atoms with van der Waals surface area (Å²) in [6, 6.07) is 43.1. The molecule has 0 N–H and O–H groups in total. The SMILES string of the molecule is [CH]1[CH][CH][C](P(c2ccccc2)c2ccccc2)[CH]1.[CH]1[CH][CH][C](P(c2ccccc2)c2ccccc2)[CH]1.[Cl-].[Cl-].[Fe+3].[Pd+2]. The maximum atomic E-state index is 2.23. The van der Waals surface area contributed by atoms with Gasteiger partial charge in [-0.05, 0) is 88.4 Å². The summed E-state index contributed by atoms with van der Waals surface area (Å²) >= 11 is 0. The molecule has 11 radical (unpaired) electrons. The summed E-state index contributed by atoms with van der Waals surface area (Å²) in [5.74, 6) is 0. The van der Waals surface area contributed by atoms with Crippen LogP contribution in [0.4, 0.5) is 0 Å². The van der Waals surface area contributed by atoms with Gasteiger partial charge in [-0.15, -0.1) is 0 Å². The van der Waals surface area contributed by atoms with Gasteiger partial charge in [-0.2, -0.15) is 0 Å². The molecule has 6 heteroatoms. The quantitative estimate of drug-likeness (QED) is 0.205. The van der Waals surface area contributed by atoms with Gasteiger partial charge in [0.1, 0.15) is 0 Å². The van der Waals surface area contributed by atoms with Crippen molar-refractivity contribution in [2.24, 2.45) is 0 Å². The summed E-state index contributed by atoms with van der Waals surface area (Å²) in [6.45, 7) is 0. The van der Waals surface area contributed by atoms with Crippen molar-refractivity contribution in [3.05, 3.63) is 184 Å². The normalized spacial score (nSPS) is 14.7. The van der Waals surface area contributed by atoms with Crippen LogP contribution in [-0.4, -0.2) is 0 Å². The molecule has 40 heavy (non-hydrogen) atoms. The molecule has 0 amide bonds. The van der Waals surface area contributed by atoms with E-state index in [1.165, 1.54) is 32.5 Å².